The van der Waals surface area contributed by atoms with Crippen LogP contribution in [0.3, 0.4) is 0 Å². The molecule has 0 spiro atoms. The first-order chi connectivity index (χ1) is 8.16. The van der Waals surface area contributed by atoms with Gasteiger partial charge in [0.25, 0.3) is 0 Å². The summed E-state index contributed by atoms with van der Waals surface area (Å²) >= 11 is 0. The van der Waals surface area contributed by atoms with E-state index in [0.29, 0.717) is 5.88 Å². The number of nitrogens with zero attached hydrogens (tertiary/aromatic N) is 1. The molecule has 0 aliphatic heterocycles. The molecular weight excluding hydrogens is 214 g/mol. The van der Waals surface area contributed by atoms with E-state index in [1.807, 2.05) is 43.3 Å². The van der Waals surface area contributed by atoms with Crippen LogP contribution >= 0.6 is 0 Å². The summed E-state index contributed by atoms with van der Waals surface area (Å²) in [5, 5.41) is 9.45. The zero-order valence-electron chi connectivity index (χ0n) is 9.92. The predicted octanol–water partition coefficient (Wildman–Crippen LogP) is 3.24. The SMILES string of the molecule is Cc1cc([C@@H](C)O)cnc1Oc1ccccc1. The number of para-hydroxylation sites is 1. The Morgan fingerprint density at radius 2 is 1.94 bits per heavy atom. The zero-order valence-corrected chi connectivity index (χ0v) is 9.92. The Kier molecular flexibility index (Phi) is 3.40. The molecule has 1 aromatic heterocycles. The lowest BCUT2D eigenvalue weighted by molar-refractivity contribution is 0.198. The number of rotatable bonds is 3. The van der Waals surface area contributed by atoms with Crippen LogP contribution in [0.5, 0.6) is 11.6 Å². The number of pyridine rings is 1. The second kappa shape index (κ2) is 4.97. The van der Waals surface area contributed by atoms with Gasteiger partial charge < -0.3 is 9.84 Å². The highest BCUT2D eigenvalue weighted by molar-refractivity contribution is 5.33. The monoisotopic (exact) mass is 229 g/mol. The van der Waals surface area contributed by atoms with Crippen LogP contribution in [0.2, 0.25) is 0 Å². The first-order valence-electron chi connectivity index (χ1n) is 5.54. The Hall–Kier alpha value is -1.87. The summed E-state index contributed by atoms with van der Waals surface area (Å²) in [6, 6.07) is 11.4. The minimum Gasteiger partial charge on any atom is -0.439 e. The summed E-state index contributed by atoms with van der Waals surface area (Å²) in [6.45, 7) is 3.63. The lowest BCUT2D eigenvalue weighted by Crippen LogP contribution is -1.96. The van der Waals surface area contributed by atoms with Gasteiger partial charge in [-0.25, -0.2) is 4.98 Å². The maximum Gasteiger partial charge on any atom is 0.222 e. The fourth-order valence-electron chi connectivity index (χ4n) is 1.52. The van der Waals surface area contributed by atoms with Crippen LogP contribution in [-0.2, 0) is 0 Å². The van der Waals surface area contributed by atoms with E-state index in [0.717, 1.165) is 16.9 Å². The van der Waals surface area contributed by atoms with Gasteiger partial charge in [0.15, 0.2) is 0 Å². The molecule has 1 N–H and O–H groups in total. The number of hydrogen-bond acceptors (Lipinski definition) is 3. The molecule has 2 aromatic rings. The van der Waals surface area contributed by atoms with Crippen molar-refractivity contribution in [3.8, 4) is 11.6 Å². The van der Waals surface area contributed by atoms with Gasteiger partial charge in [-0.2, -0.15) is 0 Å². The topological polar surface area (TPSA) is 42.4 Å². The molecule has 0 radical (unpaired) electrons. The Bertz CT molecular complexity index is 495. The first kappa shape index (κ1) is 11.6. The molecule has 0 saturated heterocycles. The van der Waals surface area contributed by atoms with Gasteiger partial charge in [0.1, 0.15) is 5.75 Å². The third-order valence-corrected chi connectivity index (χ3v) is 2.49. The van der Waals surface area contributed by atoms with Crippen molar-refractivity contribution in [1.29, 1.82) is 0 Å². The summed E-state index contributed by atoms with van der Waals surface area (Å²) in [5.41, 5.74) is 1.70. The van der Waals surface area contributed by atoms with Crippen molar-refractivity contribution in [2.75, 3.05) is 0 Å². The van der Waals surface area contributed by atoms with Gasteiger partial charge in [-0.3, -0.25) is 0 Å². The summed E-state index contributed by atoms with van der Waals surface area (Å²) in [7, 11) is 0. The van der Waals surface area contributed by atoms with Gasteiger partial charge in [0.05, 0.1) is 6.10 Å². The minimum atomic E-state index is -0.507. The third kappa shape index (κ3) is 2.82. The standard InChI is InChI=1S/C14H15NO2/c1-10-8-12(11(2)16)9-15-14(10)17-13-6-4-3-5-7-13/h3-9,11,16H,1-2H3/t11-/m1/s1. The molecule has 17 heavy (non-hydrogen) atoms. The third-order valence-electron chi connectivity index (χ3n) is 2.49. The first-order valence-corrected chi connectivity index (χ1v) is 5.54. The Labute approximate surface area is 101 Å². The Morgan fingerprint density at radius 3 is 2.53 bits per heavy atom. The van der Waals surface area contributed by atoms with E-state index in [2.05, 4.69) is 4.98 Å². The number of aliphatic hydroxyl groups excluding tert-OH is 1. The minimum absolute atomic E-state index is 0.507. The summed E-state index contributed by atoms with van der Waals surface area (Å²) < 4.78 is 5.65. The van der Waals surface area contributed by atoms with Crippen LogP contribution in [0.15, 0.2) is 42.6 Å². The quantitative estimate of drug-likeness (QED) is 0.878. The lowest BCUT2D eigenvalue weighted by Gasteiger charge is -2.10. The van der Waals surface area contributed by atoms with E-state index in [4.69, 9.17) is 4.74 Å². The van der Waals surface area contributed by atoms with Crippen LogP contribution in [0.25, 0.3) is 0 Å². The molecule has 1 atom stereocenters. The smallest absolute Gasteiger partial charge is 0.222 e. The van der Waals surface area contributed by atoms with Crippen molar-refractivity contribution >= 4 is 0 Å². The van der Waals surface area contributed by atoms with Gasteiger partial charge >= 0.3 is 0 Å². The van der Waals surface area contributed by atoms with Crippen LogP contribution in [0, 0.1) is 6.92 Å². The van der Waals surface area contributed by atoms with E-state index < -0.39 is 6.10 Å². The van der Waals surface area contributed by atoms with E-state index in [-0.39, 0.29) is 0 Å². The highest BCUT2D eigenvalue weighted by atomic mass is 16.5. The molecule has 0 saturated carbocycles. The van der Waals surface area contributed by atoms with Crippen LogP contribution in [0.1, 0.15) is 24.2 Å². The van der Waals surface area contributed by atoms with Gasteiger partial charge in [0, 0.05) is 11.8 Å². The lowest BCUT2D eigenvalue weighted by atomic mass is 10.1. The molecule has 88 valence electrons. The molecule has 0 unspecified atom stereocenters. The number of ether oxygens (including phenoxy) is 1. The van der Waals surface area contributed by atoms with Crippen molar-refractivity contribution in [2.24, 2.45) is 0 Å². The van der Waals surface area contributed by atoms with Crippen LogP contribution in [-0.4, -0.2) is 10.1 Å². The molecule has 0 aliphatic rings. The molecule has 0 aliphatic carbocycles. The van der Waals surface area contributed by atoms with Crippen molar-refractivity contribution in [2.45, 2.75) is 20.0 Å². The molecule has 2 rings (SSSR count). The van der Waals surface area contributed by atoms with Gasteiger partial charge in [-0.05, 0) is 37.6 Å². The van der Waals surface area contributed by atoms with Crippen LogP contribution < -0.4 is 4.74 Å². The highest BCUT2D eigenvalue weighted by Crippen LogP contribution is 2.24. The molecule has 3 heteroatoms. The second-order valence-electron chi connectivity index (χ2n) is 3.98. The maximum atomic E-state index is 9.45. The average molecular weight is 229 g/mol. The molecule has 0 bridgehead atoms. The molecule has 3 nitrogen and oxygen atoms in total. The van der Waals surface area contributed by atoms with Crippen molar-refractivity contribution in [1.82, 2.24) is 4.98 Å². The molecular formula is C14H15NO2. The normalized spacial score (nSPS) is 12.2. The second-order valence-corrected chi connectivity index (χ2v) is 3.98. The van der Waals surface area contributed by atoms with Gasteiger partial charge in [0.2, 0.25) is 5.88 Å². The predicted molar refractivity (Wildman–Crippen MR) is 66.1 cm³/mol. The number of aliphatic hydroxyl groups is 1. The molecule has 1 heterocycles. The van der Waals surface area contributed by atoms with Crippen molar-refractivity contribution in [3.63, 3.8) is 0 Å². The number of aromatic nitrogens is 1. The zero-order chi connectivity index (χ0) is 12.3. The van der Waals surface area contributed by atoms with E-state index in [1.165, 1.54) is 0 Å². The van der Waals surface area contributed by atoms with E-state index in [9.17, 15) is 5.11 Å². The van der Waals surface area contributed by atoms with E-state index >= 15 is 0 Å². The molecule has 1 aromatic carbocycles. The average Bonchev–Trinajstić information content (AvgIpc) is 2.33. The molecule has 0 amide bonds. The van der Waals surface area contributed by atoms with Crippen LogP contribution in [0.4, 0.5) is 0 Å². The maximum absolute atomic E-state index is 9.45. The fraction of sp³-hybridized carbons (Fsp3) is 0.214. The molecule has 0 fully saturated rings. The number of benzene rings is 1. The summed E-state index contributed by atoms with van der Waals surface area (Å²) in [4.78, 5) is 4.21. The largest absolute Gasteiger partial charge is 0.439 e. The van der Waals surface area contributed by atoms with E-state index in [1.54, 1.807) is 13.1 Å². The Morgan fingerprint density at radius 1 is 1.24 bits per heavy atom. The van der Waals surface area contributed by atoms with Crippen molar-refractivity contribution < 1.29 is 9.84 Å². The number of hydrogen-bond donors (Lipinski definition) is 1. The fourth-order valence-corrected chi connectivity index (χ4v) is 1.52. The number of aryl methyl sites for hydroxylation is 1. The summed E-state index contributed by atoms with van der Waals surface area (Å²) in [5.74, 6) is 1.33. The van der Waals surface area contributed by atoms with Gasteiger partial charge in [-0.1, -0.05) is 18.2 Å². The van der Waals surface area contributed by atoms with Crippen molar-refractivity contribution in [3.05, 3.63) is 53.7 Å². The Balaban J connectivity index is 2.23. The highest BCUT2D eigenvalue weighted by Gasteiger charge is 2.07. The summed E-state index contributed by atoms with van der Waals surface area (Å²) in [6.07, 6.45) is 1.13. The van der Waals surface area contributed by atoms with Gasteiger partial charge in [-0.15, -0.1) is 0 Å².